The van der Waals surface area contributed by atoms with Gasteiger partial charge in [-0.05, 0) is 24.6 Å². The van der Waals surface area contributed by atoms with Gasteiger partial charge in [0.1, 0.15) is 11.9 Å². The molecule has 1 aromatic rings. The van der Waals surface area contributed by atoms with E-state index in [0.717, 1.165) is 4.90 Å². The Kier molecular flexibility index (Phi) is 3.89. The predicted octanol–water partition coefficient (Wildman–Crippen LogP) is 1.19. The molecule has 1 aliphatic heterocycles. The molecule has 0 aliphatic carbocycles. The summed E-state index contributed by atoms with van der Waals surface area (Å²) in [6.45, 7) is 1.63. The van der Waals surface area contributed by atoms with Crippen molar-refractivity contribution in [1.82, 2.24) is 4.90 Å². The number of benzene rings is 1. The standard InChI is InChI=1S/C13H15FN2O4/c1-7-2-3-10(9(14)4-7)15-13(20)16-6-8(17)5-11(16)12(18)19/h2-4,8,11,17H,5-6H2,1H3,(H,15,20)(H,18,19)/t8-,11+/m1/s1. The summed E-state index contributed by atoms with van der Waals surface area (Å²) in [7, 11) is 0. The van der Waals surface area contributed by atoms with Crippen molar-refractivity contribution in [3.05, 3.63) is 29.6 Å². The Morgan fingerprint density at radius 3 is 2.75 bits per heavy atom. The van der Waals surface area contributed by atoms with E-state index in [1.807, 2.05) is 0 Å². The Bertz CT molecular complexity index is 549. The summed E-state index contributed by atoms with van der Waals surface area (Å²) in [5.74, 6) is -1.79. The van der Waals surface area contributed by atoms with E-state index in [9.17, 15) is 19.1 Å². The van der Waals surface area contributed by atoms with E-state index in [1.165, 1.54) is 12.1 Å². The molecule has 2 rings (SSSR count). The number of β-amino-alcohol motifs (C(OH)–C–C–N with tert-alkyl or cyclic N) is 1. The number of carbonyl (C=O) groups excluding carboxylic acids is 1. The molecule has 2 amide bonds. The lowest BCUT2D eigenvalue weighted by atomic mass is 10.2. The van der Waals surface area contributed by atoms with Gasteiger partial charge < -0.3 is 20.4 Å². The van der Waals surface area contributed by atoms with Crippen molar-refractivity contribution in [2.45, 2.75) is 25.5 Å². The molecule has 0 unspecified atom stereocenters. The van der Waals surface area contributed by atoms with Crippen molar-refractivity contribution >= 4 is 17.7 Å². The molecule has 6 nitrogen and oxygen atoms in total. The van der Waals surface area contributed by atoms with Gasteiger partial charge in [-0.25, -0.2) is 14.0 Å². The zero-order chi connectivity index (χ0) is 14.9. The number of hydrogen-bond donors (Lipinski definition) is 3. The third kappa shape index (κ3) is 2.88. The lowest BCUT2D eigenvalue weighted by Gasteiger charge is -2.21. The number of rotatable bonds is 2. The summed E-state index contributed by atoms with van der Waals surface area (Å²) < 4.78 is 13.6. The van der Waals surface area contributed by atoms with Crippen LogP contribution in [0.4, 0.5) is 14.9 Å². The first-order valence-corrected chi connectivity index (χ1v) is 6.13. The van der Waals surface area contributed by atoms with Crippen LogP contribution in [0.25, 0.3) is 0 Å². The number of aliphatic hydroxyl groups is 1. The number of halogens is 1. The maximum Gasteiger partial charge on any atom is 0.326 e. The van der Waals surface area contributed by atoms with Crippen LogP contribution >= 0.6 is 0 Å². The van der Waals surface area contributed by atoms with E-state index < -0.39 is 30.0 Å². The Labute approximate surface area is 114 Å². The summed E-state index contributed by atoms with van der Waals surface area (Å²) in [6, 6.07) is 2.47. The molecular formula is C13H15FN2O4. The van der Waals surface area contributed by atoms with E-state index in [1.54, 1.807) is 13.0 Å². The molecule has 0 aromatic heterocycles. The van der Waals surface area contributed by atoms with Gasteiger partial charge in [0.05, 0.1) is 11.8 Å². The molecule has 7 heteroatoms. The minimum atomic E-state index is -1.19. The van der Waals surface area contributed by atoms with Crippen LogP contribution in [0.2, 0.25) is 0 Å². The number of carboxylic acid groups (broad SMARTS) is 1. The van der Waals surface area contributed by atoms with Gasteiger partial charge in [-0.15, -0.1) is 0 Å². The molecule has 0 saturated carbocycles. The summed E-state index contributed by atoms with van der Waals surface area (Å²) in [4.78, 5) is 24.0. The normalized spacial score (nSPS) is 21.9. The van der Waals surface area contributed by atoms with E-state index in [-0.39, 0.29) is 18.7 Å². The zero-order valence-corrected chi connectivity index (χ0v) is 10.8. The van der Waals surface area contributed by atoms with Crippen molar-refractivity contribution in [2.75, 3.05) is 11.9 Å². The van der Waals surface area contributed by atoms with Crippen LogP contribution in [0.5, 0.6) is 0 Å². The van der Waals surface area contributed by atoms with E-state index >= 15 is 0 Å². The number of aryl methyl sites for hydroxylation is 1. The first kappa shape index (κ1) is 14.3. The summed E-state index contributed by atoms with van der Waals surface area (Å²) >= 11 is 0. The fourth-order valence-corrected chi connectivity index (χ4v) is 2.18. The largest absolute Gasteiger partial charge is 0.480 e. The average Bonchev–Trinajstić information content (AvgIpc) is 2.75. The second kappa shape index (κ2) is 5.46. The Hall–Kier alpha value is -2.15. The molecule has 3 N–H and O–H groups in total. The molecule has 0 bridgehead atoms. The summed E-state index contributed by atoms with van der Waals surface area (Å²) in [5, 5.41) is 20.8. The van der Waals surface area contributed by atoms with Gasteiger partial charge in [0, 0.05) is 13.0 Å². The monoisotopic (exact) mass is 282 g/mol. The maximum absolute atomic E-state index is 13.6. The van der Waals surface area contributed by atoms with E-state index in [0.29, 0.717) is 5.56 Å². The number of aliphatic carboxylic acids is 1. The minimum absolute atomic E-state index is 0.0221. The number of anilines is 1. The van der Waals surface area contributed by atoms with Crippen molar-refractivity contribution in [3.63, 3.8) is 0 Å². The third-order valence-corrected chi connectivity index (χ3v) is 3.19. The average molecular weight is 282 g/mol. The molecular weight excluding hydrogens is 267 g/mol. The molecule has 2 atom stereocenters. The quantitative estimate of drug-likeness (QED) is 0.760. The molecule has 1 aromatic carbocycles. The van der Waals surface area contributed by atoms with Crippen LogP contribution in [-0.4, -0.2) is 45.8 Å². The van der Waals surface area contributed by atoms with Gasteiger partial charge in [-0.1, -0.05) is 6.07 Å². The highest BCUT2D eigenvalue weighted by Gasteiger charge is 2.39. The fourth-order valence-electron chi connectivity index (χ4n) is 2.18. The predicted molar refractivity (Wildman–Crippen MR) is 68.9 cm³/mol. The van der Waals surface area contributed by atoms with Crippen LogP contribution < -0.4 is 5.32 Å². The van der Waals surface area contributed by atoms with Crippen LogP contribution in [-0.2, 0) is 4.79 Å². The lowest BCUT2D eigenvalue weighted by molar-refractivity contribution is -0.141. The summed E-state index contributed by atoms with van der Waals surface area (Å²) in [6.07, 6.45) is -0.913. The number of aliphatic hydroxyl groups excluding tert-OH is 1. The topological polar surface area (TPSA) is 89.9 Å². The second-order valence-corrected chi connectivity index (χ2v) is 4.81. The Morgan fingerprint density at radius 2 is 2.15 bits per heavy atom. The zero-order valence-electron chi connectivity index (χ0n) is 10.8. The highest BCUT2D eigenvalue weighted by Crippen LogP contribution is 2.21. The Morgan fingerprint density at radius 1 is 1.45 bits per heavy atom. The number of likely N-dealkylation sites (tertiary alicyclic amines) is 1. The van der Waals surface area contributed by atoms with Gasteiger partial charge in [0.2, 0.25) is 0 Å². The number of hydrogen-bond acceptors (Lipinski definition) is 3. The highest BCUT2D eigenvalue weighted by atomic mass is 19.1. The first-order valence-electron chi connectivity index (χ1n) is 6.13. The van der Waals surface area contributed by atoms with Crippen LogP contribution in [0.1, 0.15) is 12.0 Å². The number of carbonyl (C=O) groups is 2. The van der Waals surface area contributed by atoms with Gasteiger partial charge >= 0.3 is 12.0 Å². The maximum atomic E-state index is 13.6. The van der Waals surface area contributed by atoms with Gasteiger partial charge in [-0.2, -0.15) is 0 Å². The van der Waals surface area contributed by atoms with Crippen molar-refractivity contribution in [3.8, 4) is 0 Å². The molecule has 1 heterocycles. The first-order chi connectivity index (χ1) is 9.38. The van der Waals surface area contributed by atoms with Crippen LogP contribution in [0.3, 0.4) is 0 Å². The summed E-state index contributed by atoms with van der Waals surface area (Å²) in [5.41, 5.74) is 0.687. The second-order valence-electron chi connectivity index (χ2n) is 4.81. The van der Waals surface area contributed by atoms with Crippen LogP contribution in [0.15, 0.2) is 18.2 Å². The number of urea groups is 1. The molecule has 1 saturated heterocycles. The Balaban J connectivity index is 2.13. The van der Waals surface area contributed by atoms with Crippen molar-refractivity contribution < 1.29 is 24.2 Å². The SMILES string of the molecule is Cc1ccc(NC(=O)N2C[C@H](O)C[C@H]2C(=O)O)c(F)c1. The molecule has 108 valence electrons. The number of nitrogens with zero attached hydrogens (tertiary/aromatic N) is 1. The van der Waals surface area contributed by atoms with Gasteiger partial charge in [0.25, 0.3) is 0 Å². The molecule has 20 heavy (non-hydrogen) atoms. The number of amides is 2. The minimum Gasteiger partial charge on any atom is -0.480 e. The molecule has 1 fully saturated rings. The molecule has 0 spiro atoms. The highest BCUT2D eigenvalue weighted by molar-refractivity contribution is 5.92. The van der Waals surface area contributed by atoms with E-state index in [2.05, 4.69) is 5.32 Å². The van der Waals surface area contributed by atoms with E-state index in [4.69, 9.17) is 5.11 Å². The number of nitrogens with one attached hydrogen (secondary N) is 1. The van der Waals surface area contributed by atoms with Gasteiger partial charge in [-0.3, -0.25) is 0 Å². The van der Waals surface area contributed by atoms with Gasteiger partial charge in [0.15, 0.2) is 0 Å². The smallest absolute Gasteiger partial charge is 0.326 e. The third-order valence-electron chi connectivity index (χ3n) is 3.19. The number of carboxylic acids is 1. The molecule has 1 aliphatic rings. The van der Waals surface area contributed by atoms with Crippen molar-refractivity contribution in [2.24, 2.45) is 0 Å². The van der Waals surface area contributed by atoms with Crippen LogP contribution in [0, 0.1) is 12.7 Å². The van der Waals surface area contributed by atoms with Crippen molar-refractivity contribution in [1.29, 1.82) is 0 Å². The molecule has 0 radical (unpaired) electrons. The fraction of sp³-hybridized carbons (Fsp3) is 0.385. The lowest BCUT2D eigenvalue weighted by Crippen LogP contribution is -2.43.